The third kappa shape index (κ3) is 3.10. The fraction of sp³-hybridized carbons (Fsp3) is 0.556. The number of nitrogens with one attached hydrogen (secondary N) is 1. The summed E-state index contributed by atoms with van der Waals surface area (Å²) < 4.78 is 12.2. The van der Waals surface area contributed by atoms with Gasteiger partial charge in [0.1, 0.15) is 12.1 Å². The summed E-state index contributed by atoms with van der Waals surface area (Å²) in [7, 11) is -0.599. The average Bonchev–Trinajstić information content (AvgIpc) is 2.25. The molecule has 2 heterocycles. The van der Waals surface area contributed by atoms with E-state index in [1.165, 1.54) is 0 Å². The van der Waals surface area contributed by atoms with Crippen molar-refractivity contribution in [3.05, 3.63) is 16.1 Å². The fourth-order valence-corrected chi connectivity index (χ4v) is 3.31. The Balaban J connectivity index is 1.97. The summed E-state index contributed by atoms with van der Waals surface area (Å²) in [4.78, 5) is 8.13. The van der Waals surface area contributed by atoms with Crippen LogP contribution in [-0.4, -0.2) is 31.7 Å². The van der Waals surface area contributed by atoms with Gasteiger partial charge in [0, 0.05) is 34.5 Å². The van der Waals surface area contributed by atoms with Crippen molar-refractivity contribution < 1.29 is 4.21 Å². The van der Waals surface area contributed by atoms with Gasteiger partial charge in [-0.1, -0.05) is 0 Å². The second-order valence-corrected chi connectivity index (χ2v) is 6.34. The van der Waals surface area contributed by atoms with Crippen molar-refractivity contribution in [1.29, 1.82) is 0 Å². The molecule has 0 spiro atoms. The Labute approximate surface area is 105 Å². The van der Waals surface area contributed by atoms with Crippen molar-refractivity contribution in [2.75, 3.05) is 16.8 Å². The minimum Gasteiger partial charge on any atom is -0.366 e. The Bertz CT molecular complexity index is 364. The number of hydrogen-bond acceptors (Lipinski definition) is 4. The van der Waals surface area contributed by atoms with Gasteiger partial charge in [0.05, 0.1) is 3.57 Å². The number of rotatable bonds is 2. The molecule has 0 saturated carbocycles. The molecule has 1 saturated heterocycles. The van der Waals surface area contributed by atoms with Crippen LogP contribution in [0.3, 0.4) is 0 Å². The molecule has 4 nitrogen and oxygen atoms in total. The van der Waals surface area contributed by atoms with Gasteiger partial charge in [-0.2, -0.15) is 0 Å². The molecule has 0 atom stereocenters. The number of hydrogen-bond donors (Lipinski definition) is 1. The van der Waals surface area contributed by atoms with Gasteiger partial charge < -0.3 is 5.32 Å². The SMILES string of the molecule is O=S1CCC(Nc2ncncc2I)CC1. The van der Waals surface area contributed by atoms with E-state index in [0.717, 1.165) is 33.7 Å². The first-order chi connectivity index (χ1) is 7.25. The average molecular weight is 337 g/mol. The Hall–Kier alpha value is -0.240. The highest BCUT2D eigenvalue weighted by atomic mass is 127. The lowest BCUT2D eigenvalue weighted by Crippen LogP contribution is -2.30. The molecule has 1 aliphatic heterocycles. The number of aromatic nitrogens is 2. The molecule has 0 radical (unpaired) electrons. The van der Waals surface area contributed by atoms with Crippen LogP contribution in [0.1, 0.15) is 12.8 Å². The Morgan fingerprint density at radius 3 is 2.87 bits per heavy atom. The summed E-state index contributed by atoms with van der Waals surface area (Å²) in [5.41, 5.74) is 0. The number of nitrogens with zero attached hydrogens (tertiary/aromatic N) is 2. The molecule has 0 aromatic carbocycles. The standard InChI is InChI=1S/C9H12IN3OS/c10-8-5-11-6-12-9(8)13-7-1-3-15(14)4-2-7/h5-7H,1-4H2,(H,11,12,13). The predicted molar refractivity (Wildman–Crippen MR) is 69.3 cm³/mol. The van der Waals surface area contributed by atoms with E-state index in [-0.39, 0.29) is 0 Å². The van der Waals surface area contributed by atoms with Crippen LogP contribution in [0.15, 0.2) is 12.5 Å². The first-order valence-electron chi connectivity index (χ1n) is 4.83. The molecule has 0 aliphatic carbocycles. The first kappa shape index (κ1) is 11.3. The fourth-order valence-electron chi connectivity index (χ4n) is 1.55. The topological polar surface area (TPSA) is 54.9 Å². The summed E-state index contributed by atoms with van der Waals surface area (Å²) in [6, 6.07) is 0.408. The quantitative estimate of drug-likeness (QED) is 0.829. The lowest BCUT2D eigenvalue weighted by atomic mass is 10.1. The largest absolute Gasteiger partial charge is 0.366 e. The highest BCUT2D eigenvalue weighted by Crippen LogP contribution is 2.18. The molecule has 1 fully saturated rings. The van der Waals surface area contributed by atoms with E-state index in [2.05, 4.69) is 37.9 Å². The Kier molecular flexibility index (Phi) is 3.90. The van der Waals surface area contributed by atoms with Gasteiger partial charge >= 0.3 is 0 Å². The summed E-state index contributed by atoms with van der Waals surface area (Å²) in [6.07, 6.45) is 5.27. The van der Waals surface area contributed by atoms with E-state index >= 15 is 0 Å². The summed E-state index contributed by atoms with van der Waals surface area (Å²) in [5, 5.41) is 3.38. The van der Waals surface area contributed by atoms with Crippen molar-refractivity contribution in [2.24, 2.45) is 0 Å². The smallest absolute Gasteiger partial charge is 0.143 e. The number of anilines is 1. The second-order valence-electron chi connectivity index (χ2n) is 3.49. The molecule has 0 amide bonds. The molecule has 1 aromatic rings. The molecule has 2 rings (SSSR count). The molecular weight excluding hydrogens is 325 g/mol. The Morgan fingerprint density at radius 1 is 1.47 bits per heavy atom. The second kappa shape index (κ2) is 5.20. The molecule has 6 heteroatoms. The molecule has 0 bridgehead atoms. The molecule has 82 valence electrons. The van der Waals surface area contributed by atoms with Crippen molar-refractivity contribution in [3.63, 3.8) is 0 Å². The van der Waals surface area contributed by atoms with Crippen LogP contribution in [-0.2, 0) is 10.8 Å². The maximum atomic E-state index is 11.2. The molecule has 0 unspecified atom stereocenters. The zero-order chi connectivity index (χ0) is 10.7. The van der Waals surface area contributed by atoms with E-state index in [1.54, 1.807) is 12.5 Å². The van der Waals surface area contributed by atoms with Crippen LogP contribution in [0.25, 0.3) is 0 Å². The first-order valence-corrected chi connectivity index (χ1v) is 7.39. The van der Waals surface area contributed by atoms with E-state index in [4.69, 9.17) is 0 Å². The van der Waals surface area contributed by atoms with Crippen LogP contribution in [0, 0.1) is 3.57 Å². The van der Waals surface area contributed by atoms with Gasteiger partial charge in [-0.05, 0) is 35.4 Å². The van der Waals surface area contributed by atoms with Crippen molar-refractivity contribution in [1.82, 2.24) is 9.97 Å². The van der Waals surface area contributed by atoms with E-state index in [9.17, 15) is 4.21 Å². The summed E-state index contributed by atoms with van der Waals surface area (Å²) >= 11 is 2.21. The highest BCUT2D eigenvalue weighted by molar-refractivity contribution is 14.1. The van der Waals surface area contributed by atoms with Crippen molar-refractivity contribution in [2.45, 2.75) is 18.9 Å². The van der Waals surface area contributed by atoms with Gasteiger partial charge in [-0.25, -0.2) is 9.97 Å². The zero-order valence-corrected chi connectivity index (χ0v) is 11.1. The molecule has 1 N–H and O–H groups in total. The molecular formula is C9H12IN3OS. The molecule has 1 aromatic heterocycles. The van der Waals surface area contributed by atoms with E-state index < -0.39 is 10.8 Å². The lowest BCUT2D eigenvalue weighted by molar-refractivity contribution is 0.622. The maximum absolute atomic E-state index is 11.2. The zero-order valence-electron chi connectivity index (χ0n) is 8.15. The predicted octanol–water partition coefficient (Wildman–Crippen LogP) is 1.40. The Morgan fingerprint density at radius 2 is 2.20 bits per heavy atom. The van der Waals surface area contributed by atoms with Gasteiger partial charge in [0.2, 0.25) is 0 Å². The molecule has 1 aliphatic rings. The van der Waals surface area contributed by atoms with Gasteiger partial charge in [-0.3, -0.25) is 4.21 Å². The van der Waals surface area contributed by atoms with Gasteiger partial charge in [0.15, 0.2) is 0 Å². The summed E-state index contributed by atoms with van der Waals surface area (Å²) in [5.74, 6) is 2.50. The number of halogens is 1. The van der Waals surface area contributed by atoms with Crippen LogP contribution >= 0.6 is 22.6 Å². The van der Waals surface area contributed by atoms with Crippen LogP contribution in [0.5, 0.6) is 0 Å². The van der Waals surface area contributed by atoms with E-state index in [0.29, 0.717) is 6.04 Å². The maximum Gasteiger partial charge on any atom is 0.143 e. The van der Waals surface area contributed by atoms with Crippen molar-refractivity contribution in [3.8, 4) is 0 Å². The third-order valence-electron chi connectivity index (χ3n) is 2.40. The molecule has 15 heavy (non-hydrogen) atoms. The minimum atomic E-state index is -0.599. The highest BCUT2D eigenvalue weighted by Gasteiger charge is 2.18. The van der Waals surface area contributed by atoms with Crippen LogP contribution in [0.4, 0.5) is 5.82 Å². The van der Waals surface area contributed by atoms with Crippen molar-refractivity contribution >= 4 is 39.2 Å². The summed E-state index contributed by atoms with van der Waals surface area (Å²) in [6.45, 7) is 0. The monoisotopic (exact) mass is 337 g/mol. The minimum absolute atomic E-state index is 0.408. The van der Waals surface area contributed by atoms with Gasteiger partial charge in [0.25, 0.3) is 0 Å². The van der Waals surface area contributed by atoms with E-state index in [1.807, 2.05) is 0 Å². The van der Waals surface area contributed by atoms with Crippen LogP contribution < -0.4 is 5.32 Å². The van der Waals surface area contributed by atoms with Crippen LogP contribution in [0.2, 0.25) is 0 Å². The normalized spacial score (nSPS) is 26.2. The van der Waals surface area contributed by atoms with Gasteiger partial charge in [-0.15, -0.1) is 0 Å². The lowest BCUT2D eigenvalue weighted by Gasteiger charge is -2.23. The third-order valence-corrected chi connectivity index (χ3v) is 4.57.